The number of nitrogens with zero attached hydrogens (tertiary/aromatic N) is 2. The molecule has 0 bridgehead atoms. The predicted octanol–water partition coefficient (Wildman–Crippen LogP) is 6.62. The van der Waals surface area contributed by atoms with Crippen LogP contribution in [0.1, 0.15) is 30.9 Å². The fraction of sp³-hybridized carbons (Fsp3) is 0.310. The van der Waals surface area contributed by atoms with Crippen LogP contribution in [0, 0.1) is 0 Å². The molecule has 0 radical (unpaired) electrons. The summed E-state index contributed by atoms with van der Waals surface area (Å²) in [6, 6.07) is 17.5. The second-order valence-electron chi connectivity index (χ2n) is 9.44. The number of hydrogen-bond donors (Lipinski definition) is 1. The highest BCUT2D eigenvalue weighted by Gasteiger charge is 2.34. The second kappa shape index (κ2) is 15.1. The van der Waals surface area contributed by atoms with Crippen molar-refractivity contribution in [3.63, 3.8) is 0 Å². The van der Waals surface area contributed by atoms with Crippen LogP contribution in [0.25, 0.3) is 0 Å². The molecule has 41 heavy (non-hydrogen) atoms. The highest BCUT2D eigenvalue weighted by Crippen LogP contribution is 2.32. The predicted molar refractivity (Wildman–Crippen MR) is 168 cm³/mol. The van der Waals surface area contributed by atoms with E-state index in [1.165, 1.54) is 23.1 Å². The Morgan fingerprint density at radius 3 is 2.17 bits per heavy atom. The average molecular weight is 659 g/mol. The number of rotatable bonds is 13. The van der Waals surface area contributed by atoms with Gasteiger partial charge in [0.05, 0.1) is 17.0 Å². The van der Waals surface area contributed by atoms with Gasteiger partial charge in [0.25, 0.3) is 0 Å². The molecule has 0 aliphatic carbocycles. The minimum absolute atomic E-state index is 0.0396. The number of unbranched alkanes of at least 4 members (excludes halogenated alkanes) is 1. The van der Waals surface area contributed by atoms with Crippen molar-refractivity contribution in [1.29, 1.82) is 0 Å². The van der Waals surface area contributed by atoms with E-state index in [1.807, 2.05) is 37.3 Å². The number of halogens is 4. The standard InChI is InChI=1S/C29H31Cl4N3O4S/c1-3-4-15-34-29(38)27(16-20-9-6-5-7-10-20)35(18-22-23(31)11-8-12-24(22)32)28(37)19-36(41(2,39)40)26-17-21(30)13-14-25(26)33/h5-14,17,27H,3-4,15-16,18-19H2,1-2H3,(H,34,38). The molecule has 3 rings (SSSR count). The molecule has 12 heteroatoms. The lowest BCUT2D eigenvalue weighted by Gasteiger charge is -2.34. The number of benzene rings is 3. The van der Waals surface area contributed by atoms with Crippen LogP contribution in [0.4, 0.5) is 5.69 Å². The summed E-state index contributed by atoms with van der Waals surface area (Å²) in [6.45, 7) is 1.64. The van der Waals surface area contributed by atoms with Crippen molar-refractivity contribution in [3.8, 4) is 0 Å². The van der Waals surface area contributed by atoms with Gasteiger partial charge in [0.1, 0.15) is 12.6 Å². The number of sulfonamides is 1. The molecular weight excluding hydrogens is 628 g/mol. The molecule has 0 fully saturated rings. The molecule has 220 valence electrons. The van der Waals surface area contributed by atoms with Gasteiger partial charge < -0.3 is 10.2 Å². The normalized spacial score (nSPS) is 12.0. The lowest BCUT2D eigenvalue weighted by Crippen LogP contribution is -2.53. The fourth-order valence-corrected chi connectivity index (χ4v) is 5.99. The van der Waals surface area contributed by atoms with Gasteiger partial charge in [-0.3, -0.25) is 13.9 Å². The van der Waals surface area contributed by atoms with Crippen LogP contribution in [0.5, 0.6) is 0 Å². The van der Waals surface area contributed by atoms with E-state index in [0.29, 0.717) is 22.2 Å². The molecule has 0 saturated heterocycles. The summed E-state index contributed by atoms with van der Waals surface area (Å²) in [5.74, 6) is -1.04. The van der Waals surface area contributed by atoms with Gasteiger partial charge in [-0.25, -0.2) is 8.42 Å². The molecule has 0 heterocycles. The first-order chi connectivity index (χ1) is 19.4. The van der Waals surface area contributed by atoms with Crippen molar-refractivity contribution in [3.05, 3.63) is 97.9 Å². The summed E-state index contributed by atoms with van der Waals surface area (Å²) >= 11 is 25.4. The Labute approximate surface area is 261 Å². The Morgan fingerprint density at radius 2 is 1.56 bits per heavy atom. The molecule has 0 aromatic heterocycles. The van der Waals surface area contributed by atoms with E-state index in [2.05, 4.69) is 5.32 Å². The molecule has 0 aliphatic rings. The molecule has 0 aliphatic heterocycles. The fourth-order valence-electron chi connectivity index (χ4n) is 4.19. The van der Waals surface area contributed by atoms with E-state index in [9.17, 15) is 18.0 Å². The quantitative estimate of drug-likeness (QED) is 0.209. The van der Waals surface area contributed by atoms with Gasteiger partial charge >= 0.3 is 0 Å². The average Bonchev–Trinajstić information content (AvgIpc) is 2.92. The Morgan fingerprint density at radius 1 is 0.902 bits per heavy atom. The highest BCUT2D eigenvalue weighted by molar-refractivity contribution is 7.92. The van der Waals surface area contributed by atoms with E-state index < -0.39 is 28.5 Å². The molecule has 1 atom stereocenters. The molecule has 1 unspecified atom stereocenters. The molecule has 0 saturated carbocycles. The first-order valence-corrected chi connectivity index (χ1v) is 16.2. The smallest absolute Gasteiger partial charge is 0.244 e. The van der Waals surface area contributed by atoms with Crippen molar-refractivity contribution in [1.82, 2.24) is 10.2 Å². The number of nitrogens with one attached hydrogen (secondary N) is 1. The van der Waals surface area contributed by atoms with E-state index >= 15 is 0 Å². The lowest BCUT2D eigenvalue weighted by molar-refractivity contribution is -0.140. The third kappa shape index (κ3) is 9.25. The van der Waals surface area contributed by atoms with Crippen LogP contribution in [-0.2, 0) is 32.6 Å². The van der Waals surface area contributed by atoms with Gasteiger partial charge in [-0.2, -0.15) is 0 Å². The van der Waals surface area contributed by atoms with Crippen molar-refractivity contribution in [2.75, 3.05) is 23.7 Å². The van der Waals surface area contributed by atoms with Crippen LogP contribution in [-0.4, -0.2) is 50.5 Å². The Kier molecular flexibility index (Phi) is 12.2. The number of amides is 2. The summed E-state index contributed by atoms with van der Waals surface area (Å²) in [5.41, 5.74) is 1.28. The van der Waals surface area contributed by atoms with Crippen LogP contribution < -0.4 is 9.62 Å². The number of anilines is 1. The molecule has 7 nitrogen and oxygen atoms in total. The van der Waals surface area contributed by atoms with Gasteiger partial charge in [-0.05, 0) is 42.3 Å². The summed E-state index contributed by atoms with van der Waals surface area (Å²) in [4.78, 5) is 29.1. The van der Waals surface area contributed by atoms with Crippen molar-refractivity contribution in [2.45, 2.75) is 38.8 Å². The van der Waals surface area contributed by atoms with Crippen LogP contribution in [0.2, 0.25) is 20.1 Å². The zero-order valence-electron chi connectivity index (χ0n) is 22.6. The first kappa shape index (κ1) is 33.0. The molecular formula is C29H31Cl4N3O4S. The van der Waals surface area contributed by atoms with Gasteiger partial charge in [-0.15, -0.1) is 0 Å². The van der Waals surface area contributed by atoms with Crippen molar-refractivity contribution < 1.29 is 18.0 Å². The van der Waals surface area contributed by atoms with Crippen molar-refractivity contribution in [2.24, 2.45) is 0 Å². The third-order valence-electron chi connectivity index (χ3n) is 6.35. The number of hydrogen-bond acceptors (Lipinski definition) is 4. The van der Waals surface area contributed by atoms with Gasteiger partial charge in [-0.1, -0.05) is 96.1 Å². The maximum atomic E-state index is 14.1. The van der Waals surface area contributed by atoms with Crippen molar-refractivity contribution >= 4 is 73.9 Å². The number of carbonyl (C=O) groups is 2. The van der Waals surface area contributed by atoms with Crippen LogP contribution in [0.15, 0.2) is 66.7 Å². The van der Waals surface area contributed by atoms with Gasteiger partial charge in [0.15, 0.2) is 0 Å². The summed E-state index contributed by atoms with van der Waals surface area (Å²) in [6.07, 6.45) is 2.75. The minimum atomic E-state index is -4.01. The lowest BCUT2D eigenvalue weighted by atomic mass is 10.0. The van der Waals surface area contributed by atoms with E-state index in [0.717, 1.165) is 29.0 Å². The zero-order chi connectivity index (χ0) is 30.2. The highest BCUT2D eigenvalue weighted by atomic mass is 35.5. The van der Waals surface area contributed by atoms with E-state index in [-0.39, 0.29) is 34.6 Å². The van der Waals surface area contributed by atoms with Gasteiger partial charge in [0.2, 0.25) is 21.8 Å². The molecule has 3 aromatic rings. The van der Waals surface area contributed by atoms with E-state index in [1.54, 1.807) is 18.2 Å². The van der Waals surface area contributed by atoms with Gasteiger partial charge in [0, 0.05) is 40.1 Å². The maximum Gasteiger partial charge on any atom is 0.244 e. The largest absolute Gasteiger partial charge is 0.354 e. The molecule has 2 amide bonds. The Balaban J connectivity index is 2.11. The molecule has 3 aromatic carbocycles. The monoisotopic (exact) mass is 657 g/mol. The summed E-state index contributed by atoms with van der Waals surface area (Å²) in [7, 11) is -4.01. The van der Waals surface area contributed by atoms with Crippen LogP contribution >= 0.6 is 46.4 Å². The Bertz CT molecular complexity index is 1450. The zero-order valence-corrected chi connectivity index (χ0v) is 26.5. The summed E-state index contributed by atoms with van der Waals surface area (Å²) in [5, 5.41) is 3.85. The first-order valence-electron chi connectivity index (χ1n) is 12.9. The number of carbonyl (C=O) groups excluding carboxylic acids is 2. The topological polar surface area (TPSA) is 86.8 Å². The maximum absolute atomic E-state index is 14.1. The summed E-state index contributed by atoms with van der Waals surface area (Å²) < 4.78 is 26.7. The minimum Gasteiger partial charge on any atom is -0.354 e. The SMILES string of the molecule is CCCCNC(=O)C(Cc1ccccc1)N(Cc1c(Cl)cccc1Cl)C(=O)CN(c1cc(Cl)ccc1Cl)S(C)(=O)=O. The second-order valence-corrected chi connectivity index (χ2v) is 13.0. The molecule has 1 N–H and O–H groups in total. The Hall–Kier alpha value is -2.49. The van der Waals surface area contributed by atoms with E-state index in [4.69, 9.17) is 46.4 Å². The molecule has 0 spiro atoms. The van der Waals surface area contributed by atoms with Crippen LogP contribution in [0.3, 0.4) is 0 Å². The third-order valence-corrected chi connectivity index (χ3v) is 8.74.